The summed E-state index contributed by atoms with van der Waals surface area (Å²) < 4.78 is 0. The van der Waals surface area contributed by atoms with Gasteiger partial charge < -0.3 is 9.80 Å². The molecule has 1 aromatic heterocycles. The van der Waals surface area contributed by atoms with E-state index in [4.69, 9.17) is 5.26 Å². The molecular weight excluding hydrogens is 236 g/mol. The Balaban J connectivity index is 1.96. The van der Waals surface area contributed by atoms with Gasteiger partial charge >= 0.3 is 0 Å². The largest absolute Gasteiger partial charge is 0.356 e. The van der Waals surface area contributed by atoms with E-state index in [9.17, 15) is 0 Å². The maximum absolute atomic E-state index is 8.90. The Labute approximate surface area is 115 Å². The second kappa shape index (κ2) is 6.53. The van der Waals surface area contributed by atoms with Crippen LogP contribution < -0.4 is 4.90 Å². The van der Waals surface area contributed by atoms with Crippen molar-refractivity contribution in [2.24, 2.45) is 5.92 Å². The van der Waals surface area contributed by atoms with E-state index in [1.54, 1.807) is 6.07 Å². The second-order valence-electron chi connectivity index (χ2n) is 5.08. The van der Waals surface area contributed by atoms with Crippen LogP contribution in [0.4, 0.5) is 5.82 Å². The lowest BCUT2D eigenvalue weighted by molar-refractivity contribution is 0.261. The Kier molecular flexibility index (Phi) is 4.75. The highest BCUT2D eigenvalue weighted by molar-refractivity contribution is 5.42. The van der Waals surface area contributed by atoms with E-state index in [1.807, 2.05) is 12.1 Å². The molecule has 1 fully saturated rings. The number of hydrogen-bond acceptors (Lipinski definition) is 4. The van der Waals surface area contributed by atoms with Crippen LogP contribution in [0.5, 0.6) is 0 Å². The summed E-state index contributed by atoms with van der Waals surface area (Å²) in [4.78, 5) is 9.16. The Bertz CT molecular complexity index is 448. The number of pyridine rings is 1. The van der Waals surface area contributed by atoms with Crippen molar-refractivity contribution in [3.63, 3.8) is 0 Å². The van der Waals surface area contributed by atoms with Crippen molar-refractivity contribution in [2.45, 2.75) is 20.3 Å². The average Bonchev–Trinajstić information content (AvgIpc) is 2.93. The SMILES string of the molecule is CCN(CC)CC1CCN(c2cccc(C#N)n2)C1. The molecule has 1 aromatic rings. The molecule has 4 heteroatoms. The van der Waals surface area contributed by atoms with E-state index in [0.717, 1.165) is 32.0 Å². The van der Waals surface area contributed by atoms with Crippen molar-refractivity contribution >= 4 is 5.82 Å². The topological polar surface area (TPSA) is 43.2 Å². The average molecular weight is 258 g/mol. The first-order valence-corrected chi connectivity index (χ1v) is 7.11. The first kappa shape index (κ1) is 13.8. The van der Waals surface area contributed by atoms with Gasteiger partial charge in [0.2, 0.25) is 0 Å². The summed E-state index contributed by atoms with van der Waals surface area (Å²) in [6, 6.07) is 7.78. The maximum atomic E-state index is 8.90. The Morgan fingerprint density at radius 3 is 2.89 bits per heavy atom. The lowest BCUT2D eigenvalue weighted by atomic mass is 10.1. The van der Waals surface area contributed by atoms with E-state index < -0.39 is 0 Å². The van der Waals surface area contributed by atoms with Gasteiger partial charge in [-0.2, -0.15) is 5.26 Å². The summed E-state index contributed by atoms with van der Waals surface area (Å²) in [6.07, 6.45) is 1.22. The van der Waals surface area contributed by atoms with Gasteiger partial charge in [0, 0.05) is 19.6 Å². The van der Waals surface area contributed by atoms with Crippen molar-refractivity contribution < 1.29 is 0 Å². The van der Waals surface area contributed by atoms with Crippen molar-refractivity contribution in [3.05, 3.63) is 23.9 Å². The predicted molar refractivity (Wildman–Crippen MR) is 77.1 cm³/mol. The molecule has 1 saturated heterocycles. The molecule has 0 N–H and O–H groups in total. The molecule has 2 rings (SSSR count). The zero-order chi connectivity index (χ0) is 13.7. The van der Waals surface area contributed by atoms with E-state index in [2.05, 4.69) is 34.7 Å². The van der Waals surface area contributed by atoms with Gasteiger partial charge in [-0.15, -0.1) is 0 Å². The summed E-state index contributed by atoms with van der Waals surface area (Å²) in [5, 5.41) is 8.90. The predicted octanol–water partition coefficient (Wildman–Crippen LogP) is 2.12. The molecule has 0 aromatic carbocycles. The number of nitriles is 1. The van der Waals surface area contributed by atoms with E-state index >= 15 is 0 Å². The number of aromatic nitrogens is 1. The third-order valence-electron chi connectivity index (χ3n) is 3.87. The Morgan fingerprint density at radius 1 is 1.42 bits per heavy atom. The number of rotatable bonds is 5. The van der Waals surface area contributed by atoms with E-state index in [1.165, 1.54) is 13.0 Å². The zero-order valence-corrected chi connectivity index (χ0v) is 11.8. The molecule has 4 nitrogen and oxygen atoms in total. The number of nitrogens with zero attached hydrogens (tertiary/aromatic N) is 4. The van der Waals surface area contributed by atoms with Crippen LogP contribution in [0.15, 0.2) is 18.2 Å². The third kappa shape index (κ3) is 3.45. The fourth-order valence-corrected chi connectivity index (χ4v) is 2.70. The van der Waals surface area contributed by atoms with Crippen LogP contribution >= 0.6 is 0 Å². The summed E-state index contributed by atoms with van der Waals surface area (Å²) >= 11 is 0. The number of hydrogen-bond donors (Lipinski definition) is 0. The fraction of sp³-hybridized carbons (Fsp3) is 0.600. The van der Waals surface area contributed by atoms with E-state index in [0.29, 0.717) is 11.6 Å². The van der Waals surface area contributed by atoms with Crippen LogP contribution in [-0.2, 0) is 0 Å². The van der Waals surface area contributed by atoms with Crippen LogP contribution in [0, 0.1) is 17.2 Å². The minimum absolute atomic E-state index is 0.504. The molecule has 0 spiro atoms. The van der Waals surface area contributed by atoms with Gasteiger partial charge in [0.05, 0.1) is 0 Å². The molecule has 2 heterocycles. The van der Waals surface area contributed by atoms with Gasteiger partial charge in [-0.25, -0.2) is 4.98 Å². The smallest absolute Gasteiger partial charge is 0.142 e. The van der Waals surface area contributed by atoms with Crippen LogP contribution in [0.25, 0.3) is 0 Å². The molecule has 0 saturated carbocycles. The van der Waals surface area contributed by atoms with Gasteiger partial charge in [0.1, 0.15) is 17.6 Å². The first-order chi connectivity index (χ1) is 9.26. The maximum Gasteiger partial charge on any atom is 0.142 e. The molecule has 1 unspecified atom stereocenters. The van der Waals surface area contributed by atoms with Crippen LogP contribution in [0.3, 0.4) is 0 Å². The summed E-state index contributed by atoms with van der Waals surface area (Å²) in [7, 11) is 0. The summed E-state index contributed by atoms with van der Waals surface area (Å²) in [5.41, 5.74) is 0.504. The molecule has 0 amide bonds. The van der Waals surface area contributed by atoms with Crippen molar-refractivity contribution in [2.75, 3.05) is 37.6 Å². The molecule has 1 atom stereocenters. The fourth-order valence-electron chi connectivity index (χ4n) is 2.70. The van der Waals surface area contributed by atoms with Crippen LogP contribution in [0.2, 0.25) is 0 Å². The lowest BCUT2D eigenvalue weighted by Crippen LogP contribution is -2.31. The number of anilines is 1. The molecule has 102 valence electrons. The molecule has 0 bridgehead atoms. The zero-order valence-electron chi connectivity index (χ0n) is 11.8. The highest BCUT2D eigenvalue weighted by atomic mass is 15.2. The van der Waals surface area contributed by atoms with Crippen LogP contribution in [-0.4, -0.2) is 42.6 Å². The summed E-state index contributed by atoms with van der Waals surface area (Å²) in [5.74, 6) is 1.66. The van der Waals surface area contributed by atoms with Crippen molar-refractivity contribution in [3.8, 4) is 6.07 Å². The third-order valence-corrected chi connectivity index (χ3v) is 3.87. The molecule has 1 aliphatic rings. The Hall–Kier alpha value is -1.60. The summed E-state index contributed by atoms with van der Waals surface area (Å²) in [6.45, 7) is 9.94. The van der Waals surface area contributed by atoms with Gasteiger partial charge in [0.15, 0.2) is 0 Å². The van der Waals surface area contributed by atoms with Gasteiger partial charge in [0.25, 0.3) is 0 Å². The standard InChI is InChI=1S/C15H22N4/c1-3-18(4-2)11-13-8-9-19(12-13)15-7-5-6-14(10-16)17-15/h5-7,13H,3-4,8-9,11-12H2,1-2H3. The molecule has 0 radical (unpaired) electrons. The second-order valence-corrected chi connectivity index (χ2v) is 5.08. The quantitative estimate of drug-likeness (QED) is 0.811. The molecule has 0 aliphatic carbocycles. The highest BCUT2D eigenvalue weighted by Gasteiger charge is 2.24. The van der Waals surface area contributed by atoms with Crippen molar-refractivity contribution in [1.29, 1.82) is 5.26 Å². The van der Waals surface area contributed by atoms with Gasteiger partial charge in [-0.05, 0) is 37.6 Å². The normalized spacial score (nSPS) is 18.8. The first-order valence-electron chi connectivity index (χ1n) is 7.11. The minimum atomic E-state index is 0.504. The lowest BCUT2D eigenvalue weighted by Gasteiger charge is -2.23. The highest BCUT2D eigenvalue weighted by Crippen LogP contribution is 2.22. The molecule has 19 heavy (non-hydrogen) atoms. The minimum Gasteiger partial charge on any atom is -0.356 e. The van der Waals surface area contributed by atoms with Crippen molar-refractivity contribution in [1.82, 2.24) is 9.88 Å². The Morgan fingerprint density at radius 2 is 2.21 bits per heavy atom. The monoisotopic (exact) mass is 258 g/mol. The molecular formula is C15H22N4. The van der Waals surface area contributed by atoms with Gasteiger partial charge in [-0.1, -0.05) is 19.9 Å². The van der Waals surface area contributed by atoms with E-state index in [-0.39, 0.29) is 0 Å². The van der Waals surface area contributed by atoms with Crippen LogP contribution in [0.1, 0.15) is 26.0 Å². The molecule has 1 aliphatic heterocycles. The van der Waals surface area contributed by atoms with Gasteiger partial charge in [-0.3, -0.25) is 0 Å².